The van der Waals surface area contributed by atoms with E-state index >= 15 is 0 Å². The summed E-state index contributed by atoms with van der Waals surface area (Å²) >= 11 is 0. The first-order chi connectivity index (χ1) is 14.4. The molecule has 6 nitrogen and oxygen atoms in total. The van der Waals surface area contributed by atoms with Crippen molar-refractivity contribution in [2.24, 2.45) is 5.16 Å². The van der Waals surface area contributed by atoms with Crippen molar-refractivity contribution < 1.29 is 24.2 Å². The van der Waals surface area contributed by atoms with Crippen molar-refractivity contribution in [3.8, 4) is 5.75 Å². The first kappa shape index (κ1) is 23.0. The molecule has 0 atom stereocenters. The lowest BCUT2D eigenvalue weighted by Crippen LogP contribution is -2.07. The third-order valence-electron chi connectivity index (χ3n) is 4.57. The molecule has 0 aliphatic rings. The van der Waals surface area contributed by atoms with Gasteiger partial charge in [-0.15, -0.1) is 0 Å². The first-order valence-corrected chi connectivity index (χ1v) is 9.84. The van der Waals surface area contributed by atoms with Gasteiger partial charge in [0.05, 0.1) is 19.1 Å². The molecule has 160 valence electrons. The van der Waals surface area contributed by atoms with Gasteiger partial charge in [-0.1, -0.05) is 36.3 Å². The van der Waals surface area contributed by atoms with Crippen LogP contribution in [0, 0.1) is 13.8 Å². The topological polar surface area (TPSA) is 77.3 Å². The summed E-state index contributed by atoms with van der Waals surface area (Å²) in [4.78, 5) is 16.9. The molecule has 2 aromatic rings. The maximum atomic E-state index is 11.6. The highest BCUT2D eigenvalue weighted by Crippen LogP contribution is 2.26. The Kier molecular flexibility index (Phi) is 8.47. The van der Waals surface area contributed by atoms with Crippen LogP contribution in [0.5, 0.6) is 5.75 Å². The number of benzene rings is 2. The Morgan fingerprint density at radius 2 is 1.87 bits per heavy atom. The second kappa shape index (κ2) is 11.0. The Hall–Kier alpha value is -3.28. The number of ether oxygens (including phenoxy) is 2. The van der Waals surface area contributed by atoms with Crippen molar-refractivity contribution in [1.29, 1.82) is 0 Å². The molecule has 30 heavy (non-hydrogen) atoms. The molecule has 0 amide bonds. The van der Waals surface area contributed by atoms with E-state index in [2.05, 4.69) is 5.16 Å². The molecule has 6 heteroatoms. The summed E-state index contributed by atoms with van der Waals surface area (Å²) in [6.07, 6.45) is 2.14. The monoisotopic (exact) mass is 411 g/mol. The third kappa shape index (κ3) is 5.86. The van der Waals surface area contributed by atoms with Gasteiger partial charge in [-0.05, 0) is 61.6 Å². The molecule has 0 heterocycles. The third-order valence-corrected chi connectivity index (χ3v) is 4.57. The van der Waals surface area contributed by atoms with Crippen LogP contribution in [0.4, 0.5) is 0 Å². The molecule has 0 aromatic heterocycles. The van der Waals surface area contributed by atoms with Gasteiger partial charge in [-0.2, -0.15) is 0 Å². The number of nitrogens with zero attached hydrogens (tertiary/aromatic N) is 1. The average Bonchev–Trinajstić information content (AvgIpc) is 2.72. The maximum Gasteiger partial charge on any atom is 0.339 e. The van der Waals surface area contributed by atoms with Crippen molar-refractivity contribution in [2.45, 2.75) is 40.7 Å². The first-order valence-electron chi connectivity index (χ1n) is 9.84. The van der Waals surface area contributed by atoms with Crippen LogP contribution in [0.25, 0.3) is 5.57 Å². The van der Waals surface area contributed by atoms with E-state index < -0.39 is 5.97 Å². The maximum absolute atomic E-state index is 11.6. The minimum Gasteiger partial charge on any atom is -0.503 e. The minimum absolute atomic E-state index is 0.0823. The van der Waals surface area contributed by atoms with Crippen molar-refractivity contribution in [1.82, 2.24) is 0 Å². The smallest absolute Gasteiger partial charge is 0.339 e. The van der Waals surface area contributed by atoms with Crippen molar-refractivity contribution in [3.05, 3.63) is 70.5 Å². The van der Waals surface area contributed by atoms with E-state index in [4.69, 9.17) is 14.3 Å². The SMILES string of the molecule is CCCON=C(C)c1cc(C)c(OCc2ccccc2C(=COC)C(=O)O)cc1C. The number of rotatable bonds is 10. The van der Waals surface area contributed by atoms with Crippen molar-refractivity contribution in [3.63, 3.8) is 0 Å². The van der Waals surface area contributed by atoms with E-state index in [0.29, 0.717) is 12.2 Å². The van der Waals surface area contributed by atoms with Crippen LogP contribution < -0.4 is 4.74 Å². The Labute approximate surface area is 177 Å². The van der Waals surface area contributed by atoms with E-state index in [9.17, 15) is 9.90 Å². The quantitative estimate of drug-likeness (QED) is 0.193. The largest absolute Gasteiger partial charge is 0.503 e. The zero-order valence-electron chi connectivity index (χ0n) is 18.2. The van der Waals surface area contributed by atoms with E-state index in [1.165, 1.54) is 13.4 Å². The normalized spacial score (nSPS) is 11.9. The molecule has 2 rings (SSSR count). The average molecular weight is 411 g/mol. The molecule has 0 bridgehead atoms. The molecule has 1 N–H and O–H groups in total. The fourth-order valence-electron chi connectivity index (χ4n) is 3.03. The highest BCUT2D eigenvalue weighted by atomic mass is 16.6. The summed E-state index contributed by atoms with van der Waals surface area (Å²) < 4.78 is 11.0. The molecule has 0 aliphatic heterocycles. The van der Waals surface area contributed by atoms with Crippen LogP contribution in [-0.2, 0) is 21.0 Å². The van der Waals surface area contributed by atoms with Gasteiger partial charge in [-0.3, -0.25) is 0 Å². The van der Waals surface area contributed by atoms with Crippen LogP contribution >= 0.6 is 0 Å². The molecule has 0 saturated heterocycles. The van der Waals surface area contributed by atoms with Crippen molar-refractivity contribution in [2.75, 3.05) is 13.7 Å². The number of hydrogen-bond acceptors (Lipinski definition) is 5. The molecular weight excluding hydrogens is 382 g/mol. The second-order valence-corrected chi connectivity index (χ2v) is 6.96. The summed E-state index contributed by atoms with van der Waals surface area (Å²) in [7, 11) is 1.42. The number of hydrogen-bond donors (Lipinski definition) is 1. The Bertz CT molecular complexity index is 947. The number of methoxy groups -OCH3 is 1. The van der Waals surface area contributed by atoms with Gasteiger partial charge in [0.1, 0.15) is 24.5 Å². The van der Waals surface area contributed by atoms with E-state index in [-0.39, 0.29) is 12.2 Å². The number of carbonyl (C=O) groups is 1. The van der Waals surface area contributed by atoms with Gasteiger partial charge in [0.15, 0.2) is 0 Å². The van der Waals surface area contributed by atoms with Crippen LogP contribution in [0.1, 0.15) is 48.1 Å². The minimum atomic E-state index is -1.05. The molecular formula is C24H29NO5. The van der Waals surface area contributed by atoms with Crippen molar-refractivity contribution >= 4 is 17.3 Å². The molecule has 0 radical (unpaired) electrons. The summed E-state index contributed by atoms with van der Waals surface area (Å²) in [6.45, 7) is 8.75. The predicted octanol–water partition coefficient (Wildman–Crippen LogP) is 5.10. The summed E-state index contributed by atoms with van der Waals surface area (Å²) in [5.41, 5.74) is 5.21. The van der Waals surface area contributed by atoms with Gasteiger partial charge in [0.2, 0.25) is 0 Å². The summed E-state index contributed by atoms with van der Waals surface area (Å²) in [5, 5.41) is 13.7. The molecule has 0 aliphatic carbocycles. The van der Waals surface area contributed by atoms with E-state index in [1.807, 2.05) is 52.0 Å². The zero-order valence-corrected chi connectivity index (χ0v) is 18.2. The second-order valence-electron chi connectivity index (χ2n) is 6.96. The van der Waals surface area contributed by atoms with Gasteiger partial charge in [0.25, 0.3) is 0 Å². The number of oxime groups is 1. The lowest BCUT2D eigenvalue weighted by Gasteiger charge is -2.15. The summed E-state index contributed by atoms with van der Waals surface area (Å²) in [6, 6.07) is 11.2. The Balaban J connectivity index is 2.25. The fourth-order valence-corrected chi connectivity index (χ4v) is 3.03. The zero-order chi connectivity index (χ0) is 22.1. The van der Waals surface area contributed by atoms with E-state index in [0.717, 1.165) is 40.1 Å². The summed E-state index contributed by atoms with van der Waals surface area (Å²) in [5.74, 6) is -0.318. The van der Waals surface area contributed by atoms with Crippen LogP contribution in [0.15, 0.2) is 47.8 Å². The van der Waals surface area contributed by atoms with Crippen LogP contribution in [0.2, 0.25) is 0 Å². The molecule has 0 spiro atoms. The number of carboxylic acids is 1. The van der Waals surface area contributed by atoms with E-state index in [1.54, 1.807) is 12.1 Å². The molecule has 0 fully saturated rings. The molecule has 0 unspecified atom stereocenters. The fraction of sp³-hybridized carbons (Fsp3) is 0.333. The van der Waals surface area contributed by atoms with Gasteiger partial charge >= 0.3 is 5.97 Å². The number of carboxylic acid groups (broad SMARTS) is 1. The number of aliphatic carboxylic acids is 1. The lowest BCUT2D eigenvalue weighted by atomic mass is 10.0. The Morgan fingerprint density at radius 3 is 2.53 bits per heavy atom. The predicted molar refractivity (Wildman–Crippen MR) is 118 cm³/mol. The molecule has 0 saturated carbocycles. The van der Waals surface area contributed by atoms with Crippen LogP contribution in [0.3, 0.4) is 0 Å². The van der Waals surface area contributed by atoms with Gasteiger partial charge in [0, 0.05) is 5.56 Å². The number of aryl methyl sites for hydroxylation is 2. The highest BCUT2D eigenvalue weighted by molar-refractivity contribution is 6.15. The standard InChI is InChI=1S/C24H29NO5/c1-6-11-30-25-18(4)21-12-17(3)23(13-16(21)2)29-14-19-9-7-8-10-20(19)22(15-28-5)24(26)27/h7-10,12-13,15H,6,11,14H2,1-5H3,(H,26,27). The lowest BCUT2D eigenvalue weighted by molar-refractivity contribution is -0.130. The molecule has 2 aromatic carbocycles. The van der Waals surface area contributed by atoms with Gasteiger partial charge < -0.3 is 19.4 Å². The highest BCUT2D eigenvalue weighted by Gasteiger charge is 2.16. The van der Waals surface area contributed by atoms with Crippen LogP contribution in [-0.4, -0.2) is 30.5 Å². The van der Waals surface area contributed by atoms with Gasteiger partial charge in [-0.25, -0.2) is 4.79 Å². The Morgan fingerprint density at radius 1 is 1.13 bits per heavy atom.